The minimum Gasteiger partial charge on any atom is -0.343 e. The molecule has 5 heteroatoms. The van der Waals surface area contributed by atoms with Crippen LogP contribution in [-0.4, -0.2) is 19.9 Å². The minimum atomic E-state index is 0.169. The standard InChI is InChI=1S/C27H23N5/c1-16-3-2-4-25(32-16)27-26(30-15-31-27)19-7-10-24-20(12-19)13-21(14-29-24)17-5-8-22-18(11-17)6-9-23(22)28/h2-5,7-8,10-15,23H,6,9,28H2,1H3,(H,30,31)/t23-/m0/s1. The molecule has 3 N–H and O–H groups in total. The van der Waals surface area contributed by atoms with Gasteiger partial charge in [0.1, 0.15) is 0 Å². The van der Waals surface area contributed by atoms with E-state index in [-0.39, 0.29) is 6.04 Å². The summed E-state index contributed by atoms with van der Waals surface area (Å²) >= 11 is 0. The molecule has 32 heavy (non-hydrogen) atoms. The topological polar surface area (TPSA) is 80.5 Å². The lowest BCUT2D eigenvalue weighted by molar-refractivity contribution is 0.713. The number of pyridine rings is 2. The molecule has 3 aromatic heterocycles. The van der Waals surface area contributed by atoms with Gasteiger partial charge in [0, 0.05) is 34.4 Å². The van der Waals surface area contributed by atoms with Crippen LogP contribution in [0.1, 0.15) is 29.3 Å². The summed E-state index contributed by atoms with van der Waals surface area (Å²) in [4.78, 5) is 17.2. The number of hydrogen-bond donors (Lipinski definition) is 2. The van der Waals surface area contributed by atoms with Gasteiger partial charge in [-0.1, -0.05) is 30.3 Å². The smallest absolute Gasteiger partial charge is 0.0977 e. The van der Waals surface area contributed by atoms with Gasteiger partial charge in [-0.15, -0.1) is 0 Å². The molecule has 2 aromatic carbocycles. The van der Waals surface area contributed by atoms with Crippen molar-refractivity contribution < 1.29 is 0 Å². The molecule has 5 nitrogen and oxygen atoms in total. The van der Waals surface area contributed by atoms with E-state index in [1.165, 1.54) is 16.7 Å². The second kappa shape index (κ2) is 7.39. The van der Waals surface area contributed by atoms with Crippen molar-refractivity contribution in [1.29, 1.82) is 0 Å². The van der Waals surface area contributed by atoms with Gasteiger partial charge in [0.25, 0.3) is 0 Å². The molecule has 6 rings (SSSR count). The first-order valence-electron chi connectivity index (χ1n) is 10.9. The maximum Gasteiger partial charge on any atom is 0.0977 e. The first-order valence-corrected chi connectivity index (χ1v) is 10.9. The van der Waals surface area contributed by atoms with Gasteiger partial charge in [-0.05, 0) is 66.8 Å². The lowest BCUT2D eigenvalue weighted by Gasteiger charge is -2.09. The molecule has 1 aliphatic carbocycles. The van der Waals surface area contributed by atoms with Gasteiger partial charge in [-0.25, -0.2) is 4.98 Å². The Labute approximate surface area is 186 Å². The molecule has 0 radical (unpaired) electrons. The number of aryl methyl sites for hydroxylation is 2. The average molecular weight is 418 g/mol. The quantitative estimate of drug-likeness (QED) is 0.400. The van der Waals surface area contributed by atoms with Gasteiger partial charge in [-0.2, -0.15) is 0 Å². The second-order valence-electron chi connectivity index (χ2n) is 8.48. The molecule has 0 amide bonds. The van der Waals surface area contributed by atoms with Crippen LogP contribution in [0, 0.1) is 6.92 Å². The van der Waals surface area contributed by atoms with Crippen molar-refractivity contribution in [1.82, 2.24) is 19.9 Å². The van der Waals surface area contributed by atoms with Gasteiger partial charge in [0.15, 0.2) is 0 Å². The zero-order valence-electron chi connectivity index (χ0n) is 17.8. The predicted molar refractivity (Wildman–Crippen MR) is 128 cm³/mol. The number of aromatic nitrogens is 4. The van der Waals surface area contributed by atoms with Gasteiger partial charge < -0.3 is 10.7 Å². The molecule has 0 fully saturated rings. The Kier molecular flexibility index (Phi) is 4.37. The monoisotopic (exact) mass is 417 g/mol. The number of benzene rings is 2. The molecule has 3 heterocycles. The molecule has 0 saturated heterocycles. The summed E-state index contributed by atoms with van der Waals surface area (Å²) in [6, 6.07) is 21.3. The molecule has 5 aromatic rings. The zero-order chi connectivity index (χ0) is 21.7. The van der Waals surface area contributed by atoms with Gasteiger partial charge in [-0.3, -0.25) is 9.97 Å². The van der Waals surface area contributed by atoms with Crippen molar-refractivity contribution >= 4 is 10.9 Å². The fourth-order valence-electron chi connectivity index (χ4n) is 4.66. The Balaban J connectivity index is 1.42. The minimum absolute atomic E-state index is 0.169. The predicted octanol–water partition coefficient (Wildman–Crippen LogP) is 5.61. The molecular weight excluding hydrogens is 394 g/mol. The molecule has 0 aliphatic heterocycles. The van der Waals surface area contributed by atoms with E-state index in [1.54, 1.807) is 6.33 Å². The fraction of sp³-hybridized carbons (Fsp3) is 0.148. The summed E-state index contributed by atoms with van der Waals surface area (Å²) in [5.41, 5.74) is 16.8. The third-order valence-corrected chi connectivity index (χ3v) is 6.34. The van der Waals surface area contributed by atoms with Crippen LogP contribution < -0.4 is 5.73 Å². The maximum absolute atomic E-state index is 6.21. The second-order valence-corrected chi connectivity index (χ2v) is 8.48. The van der Waals surface area contributed by atoms with Crippen LogP contribution in [0.4, 0.5) is 0 Å². The number of nitrogens with two attached hydrogens (primary N) is 1. The highest BCUT2D eigenvalue weighted by Crippen LogP contribution is 2.34. The summed E-state index contributed by atoms with van der Waals surface area (Å²) < 4.78 is 0. The van der Waals surface area contributed by atoms with E-state index in [0.717, 1.165) is 57.6 Å². The number of aromatic amines is 1. The highest BCUT2D eigenvalue weighted by atomic mass is 14.9. The number of nitrogens with one attached hydrogen (secondary N) is 1. The van der Waals surface area contributed by atoms with Gasteiger partial charge in [0.05, 0.1) is 28.9 Å². The van der Waals surface area contributed by atoms with E-state index in [4.69, 9.17) is 10.7 Å². The Morgan fingerprint density at radius 1 is 0.938 bits per heavy atom. The van der Waals surface area contributed by atoms with E-state index < -0.39 is 0 Å². The van der Waals surface area contributed by atoms with E-state index in [2.05, 4.69) is 57.4 Å². The Hall–Kier alpha value is -3.83. The molecule has 156 valence electrons. The Morgan fingerprint density at radius 3 is 2.72 bits per heavy atom. The van der Waals surface area contributed by atoms with Crippen LogP contribution in [0.3, 0.4) is 0 Å². The van der Waals surface area contributed by atoms with E-state index in [9.17, 15) is 0 Å². The summed E-state index contributed by atoms with van der Waals surface area (Å²) in [5, 5.41) is 1.09. The van der Waals surface area contributed by atoms with Crippen LogP contribution in [-0.2, 0) is 6.42 Å². The molecule has 0 saturated carbocycles. The van der Waals surface area contributed by atoms with Gasteiger partial charge >= 0.3 is 0 Å². The highest BCUT2D eigenvalue weighted by molar-refractivity contribution is 5.89. The highest BCUT2D eigenvalue weighted by Gasteiger charge is 2.19. The van der Waals surface area contributed by atoms with Gasteiger partial charge in [0.2, 0.25) is 0 Å². The van der Waals surface area contributed by atoms with Crippen LogP contribution in [0.5, 0.6) is 0 Å². The number of H-pyrrole nitrogens is 1. The van der Waals surface area contributed by atoms with Crippen molar-refractivity contribution in [2.45, 2.75) is 25.8 Å². The summed E-state index contributed by atoms with van der Waals surface area (Å²) in [6.45, 7) is 2.00. The largest absolute Gasteiger partial charge is 0.343 e. The van der Waals surface area contributed by atoms with E-state index in [1.807, 2.05) is 31.3 Å². The Bertz CT molecular complexity index is 1470. The van der Waals surface area contributed by atoms with Crippen LogP contribution in [0.15, 0.2) is 73.2 Å². The maximum atomic E-state index is 6.21. The fourth-order valence-corrected chi connectivity index (χ4v) is 4.66. The van der Waals surface area contributed by atoms with Crippen molar-refractivity contribution in [2.75, 3.05) is 0 Å². The molecule has 0 spiro atoms. The lowest BCUT2D eigenvalue weighted by Crippen LogP contribution is -2.04. The van der Waals surface area contributed by atoms with E-state index in [0.29, 0.717) is 0 Å². The van der Waals surface area contributed by atoms with Crippen molar-refractivity contribution in [2.24, 2.45) is 5.73 Å². The molecular formula is C27H23N5. The third-order valence-electron chi connectivity index (χ3n) is 6.34. The zero-order valence-corrected chi connectivity index (χ0v) is 17.8. The SMILES string of the molecule is Cc1cccc(-c2[nH]cnc2-c2ccc3ncc(-c4ccc5c(c4)CC[C@@H]5N)cc3c2)n1. The summed E-state index contributed by atoms with van der Waals surface area (Å²) in [5.74, 6) is 0. The van der Waals surface area contributed by atoms with E-state index >= 15 is 0 Å². The first-order chi connectivity index (χ1) is 15.7. The average Bonchev–Trinajstić information content (AvgIpc) is 3.45. The van der Waals surface area contributed by atoms with Crippen molar-refractivity contribution in [3.8, 4) is 33.8 Å². The first kappa shape index (κ1) is 18.9. The van der Waals surface area contributed by atoms with Crippen LogP contribution in [0.2, 0.25) is 0 Å². The summed E-state index contributed by atoms with van der Waals surface area (Å²) in [7, 11) is 0. The number of hydrogen-bond acceptors (Lipinski definition) is 4. The van der Waals surface area contributed by atoms with Crippen LogP contribution >= 0.6 is 0 Å². The Morgan fingerprint density at radius 2 is 1.81 bits per heavy atom. The lowest BCUT2D eigenvalue weighted by atomic mass is 9.99. The molecule has 1 atom stereocenters. The molecule has 0 unspecified atom stereocenters. The normalized spacial score (nSPS) is 15.2. The number of imidazole rings is 1. The number of fused-ring (bicyclic) bond motifs is 2. The van der Waals surface area contributed by atoms with Crippen LogP contribution in [0.25, 0.3) is 44.7 Å². The number of nitrogens with zero attached hydrogens (tertiary/aromatic N) is 3. The summed E-state index contributed by atoms with van der Waals surface area (Å²) in [6.07, 6.45) is 5.75. The van der Waals surface area contributed by atoms with Crippen molar-refractivity contribution in [3.05, 3.63) is 90.0 Å². The molecule has 1 aliphatic rings. The third kappa shape index (κ3) is 3.18. The number of rotatable bonds is 3. The molecule has 0 bridgehead atoms. The van der Waals surface area contributed by atoms with Crippen molar-refractivity contribution in [3.63, 3.8) is 0 Å².